The fraction of sp³-hybridized carbons (Fsp3) is 0.240. The van der Waals surface area contributed by atoms with Crippen molar-refractivity contribution in [2.75, 3.05) is 12.4 Å². The Labute approximate surface area is 196 Å². The molecule has 1 unspecified atom stereocenters. The van der Waals surface area contributed by atoms with Gasteiger partial charge in [0.25, 0.3) is 0 Å². The number of hydrogen-bond donors (Lipinski definition) is 1. The van der Waals surface area contributed by atoms with E-state index < -0.39 is 0 Å². The van der Waals surface area contributed by atoms with Crippen LogP contribution in [0.4, 0.5) is 5.13 Å². The Kier molecular flexibility index (Phi) is 6.77. The third kappa shape index (κ3) is 4.79. The number of aromatic nitrogens is 2. The number of methoxy groups -OCH3 is 1. The summed E-state index contributed by atoms with van der Waals surface area (Å²) in [7, 11) is 1.64. The van der Waals surface area contributed by atoms with Crippen LogP contribution in [-0.4, -0.2) is 28.2 Å². The highest BCUT2D eigenvalue weighted by Crippen LogP contribution is 2.31. The lowest BCUT2D eigenvalue weighted by Gasteiger charge is -2.14. The molecule has 4 aromatic rings. The maximum atomic E-state index is 13.0. The summed E-state index contributed by atoms with van der Waals surface area (Å²) in [5.41, 5.74) is 5.11. The molecule has 1 amide bonds. The van der Waals surface area contributed by atoms with Crippen LogP contribution < -0.4 is 10.1 Å². The smallest absolute Gasteiger partial charge is 0.239 e. The van der Waals surface area contributed by atoms with E-state index in [1.54, 1.807) is 7.11 Å². The average molecular weight is 464 g/mol. The van der Waals surface area contributed by atoms with Gasteiger partial charge in [-0.1, -0.05) is 36.9 Å². The van der Waals surface area contributed by atoms with Gasteiger partial charge < -0.3 is 10.1 Å². The van der Waals surface area contributed by atoms with Gasteiger partial charge in [-0.25, -0.2) is 9.97 Å². The number of benzene rings is 2. The molecule has 5 nitrogen and oxygen atoms in total. The first-order valence-corrected chi connectivity index (χ1v) is 12.2. The van der Waals surface area contributed by atoms with Crippen LogP contribution in [0.5, 0.6) is 5.75 Å². The number of nitrogens with zero attached hydrogens (tertiary/aromatic N) is 2. The molecule has 164 valence electrons. The van der Waals surface area contributed by atoms with Gasteiger partial charge in [-0.15, -0.1) is 11.3 Å². The highest BCUT2D eigenvalue weighted by atomic mass is 32.2. The Balaban J connectivity index is 1.48. The van der Waals surface area contributed by atoms with Gasteiger partial charge in [0.2, 0.25) is 5.91 Å². The molecule has 0 aliphatic rings. The highest BCUT2D eigenvalue weighted by Gasteiger charge is 2.21. The maximum absolute atomic E-state index is 13.0. The van der Waals surface area contributed by atoms with E-state index in [4.69, 9.17) is 9.72 Å². The van der Waals surface area contributed by atoms with E-state index in [2.05, 4.69) is 48.4 Å². The average Bonchev–Trinajstić information content (AvgIpc) is 3.26. The van der Waals surface area contributed by atoms with Gasteiger partial charge in [0, 0.05) is 16.3 Å². The third-order valence-corrected chi connectivity index (χ3v) is 7.31. The molecule has 7 heteroatoms. The van der Waals surface area contributed by atoms with Crippen molar-refractivity contribution in [2.24, 2.45) is 0 Å². The summed E-state index contributed by atoms with van der Waals surface area (Å²) >= 11 is 2.92. The van der Waals surface area contributed by atoms with Crippen molar-refractivity contribution in [3.63, 3.8) is 0 Å². The molecule has 0 bridgehead atoms. The SMILES string of the molecule is CCC(Sc1cc(C)c2cccc(C)c2n1)C(=O)Nc1nc(-c2ccc(OC)cc2)cs1. The zero-order valence-electron chi connectivity index (χ0n) is 18.5. The third-order valence-electron chi connectivity index (χ3n) is 5.27. The zero-order chi connectivity index (χ0) is 22.7. The van der Waals surface area contributed by atoms with Gasteiger partial charge >= 0.3 is 0 Å². The molecule has 0 radical (unpaired) electrons. The summed E-state index contributed by atoms with van der Waals surface area (Å²) in [4.78, 5) is 22.4. The number of thiazole rings is 1. The van der Waals surface area contributed by atoms with Crippen LogP contribution in [0.3, 0.4) is 0 Å². The molecule has 0 aliphatic carbocycles. The lowest BCUT2D eigenvalue weighted by molar-refractivity contribution is -0.115. The minimum absolute atomic E-state index is 0.0579. The molecule has 0 fully saturated rings. The fourth-order valence-corrected chi connectivity index (χ4v) is 5.21. The van der Waals surface area contributed by atoms with Gasteiger partial charge in [0.15, 0.2) is 5.13 Å². The monoisotopic (exact) mass is 463 g/mol. The lowest BCUT2D eigenvalue weighted by atomic mass is 10.1. The Hall–Kier alpha value is -2.90. The number of thioether (sulfide) groups is 1. The summed E-state index contributed by atoms with van der Waals surface area (Å²) in [6.07, 6.45) is 0.694. The first kappa shape index (κ1) is 22.3. The van der Waals surface area contributed by atoms with Crippen LogP contribution in [0, 0.1) is 13.8 Å². The second kappa shape index (κ2) is 9.71. The van der Waals surface area contributed by atoms with Crippen LogP contribution >= 0.6 is 23.1 Å². The predicted octanol–water partition coefficient (Wildman–Crippen LogP) is 6.49. The summed E-state index contributed by atoms with van der Waals surface area (Å²) in [5, 5.41) is 7.29. The minimum atomic E-state index is -0.253. The molecule has 1 N–H and O–H groups in total. The molecule has 32 heavy (non-hydrogen) atoms. The molecule has 4 rings (SSSR count). The molecule has 0 saturated heterocycles. The second-order valence-corrected chi connectivity index (χ2v) is 9.60. The van der Waals surface area contributed by atoms with E-state index in [9.17, 15) is 4.79 Å². The summed E-state index contributed by atoms with van der Waals surface area (Å²) in [6, 6.07) is 16.0. The maximum Gasteiger partial charge on any atom is 0.239 e. The van der Waals surface area contributed by atoms with Gasteiger partial charge in [-0.3, -0.25) is 4.79 Å². The fourth-order valence-electron chi connectivity index (χ4n) is 3.47. The number of para-hydroxylation sites is 1. The van der Waals surface area contributed by atoms with Crippen LogP contribution in [0.1, 0.15) is 24.5 Å². The Morgan fingerprint density at radius 2 is 1.91 bits per heavy atom. The number of fused-ring (bicyclic) bond motifs is 1. The number of ether oxygens (including phenoxy) is 1. The number of nitrogens with one attached hydrogen (secondary N) is 1. The van der Waals surface area contributed by atoms with Crippen LogP contribution in [0.25, 0.3) is 22.2 Å². The zero-order valence-corrected chi connectivity index (χ0v) is 20.1. The van der Waals surface area contributed by atoms with Crippen LogP contribution in [0.2, 0.25) is 0 Å². The predicted molar refractivity (Wildman–Crippen MR) is 134 cm³/mol. The standard InChI is InChI=1S/C25H25N3O2S2/c1-5-21(32-22-13-16(3)19-8-6-7-15(2)23(19)27-22)24(29)28-25-26-20(14-31-25)17-9-11-18(30-4)12-10-17/h6-14,21H,5H2,1-4H3,(H,26,28,29). The Morgan fingerprint density at radius 3 is 2.62 bits per heavy atom. The van der Waals surface area contributed by atoms with Crippen LogP contribution in [-0.2, 0) is 4.79 Å². The van der Waals surface area contributed by atoms with E-state index in [-0.39, 0.29) is 11.2 Å². The number of carbonyl (C=O) groups is 1. The van der Waals surface area contributed by atoms with Gasteiger partial charge in [-0.05, 0) is 61.7 Å². The molecule has 1 atom stereocenters. The molecule has 2 aromatic carbocycles. The molecule has 0 spiro atoms. The molecule has 0 aliphatic heterocycles. The number of carbonyl (C=O) groups excluding carboxylic acids is 1. The van der Waals surface area contributed by atoms with Gasteiger partial charge in [0.05, 0.1) is 28.6 Å². The number of hydrogen-bond acceptors (Lipinski definition) is 6. The first-order chi connectivity index (χ1) is 15.5. The molecule has 0 saturated carbocycles. The van der Waals surface area contributed by atoms with Crippen molar-refractivity contribution in [1.29, 1.82) is 0 Å². The van der Waals surface area contributed by atoms with Gasteiger partial charge in [-0.2, -0.15) is 0 Å². The molecular weight excluding hydrogens is 438 g/mol. The number of amides is 1. The number of pyridine rings is 1. The van der Waals surface area contributed by atoms with Crippen molar-refractivity contribution in [2.45, 2.75) is 37.5 Å². The quantitative estimate of drug-likeness (QED) is 0.317. The summed E-state index contributed by atoms with van der Waals surface area (Å²) in [6.45, 7) is 6.17. The van der Waals surface area contributed by atoms with Crippen molar-refractivity contribution in [3.05, 3.63) is 65.0 Å². The lowest BCUT2D eigenvalue weighted by Crippen LogP contribution is -2.24. The second-order valence-electron chi connectivity index (χ2n) is 7.52. The van der Waals surface area contributed by atoms with E-state index in [1.807, 2.05) is 36.6 Å². The van der Waals surface area contributed by atoms with E-state index in [1.165, 1.54) is 28.7 Å². The number of anilines is 1. The van der Waals surface area contributed by atoms with Crippen molar-refractivity contribution >= 4 is 45.0 Å². The molecule has 2 aromatic heterocycles. The van der Waals surface area contributed by atoms with Crippen LogP contribution in [0.15, 0.2) is 58.9 Å². The summed E-state index contributed by atoms with van der Waals surface area (Å²) < 4.78 is 5.21. The van der Waals surface area contributed by atoms with Crippen molar-refractivity contribution < 1.29 is 9.53 Å². The largest absolute Gasteiger partial charge is 0.497 e. The summed E-state index contributed by atoms with van der Waals surface area (Å²) in [5.74, 6) is 0.741. The first-order valence-electron chi connectivity index (χ1n) is 10.4. The van der Waals surface area contributed by atoms with E-state index in [0.29, 0.717) is 11.6 Å². The Bertz CT molecular complexity index is 1250. The topological polar surface area (TPSA) is 64.1 Å². The minimum Gasteiger partial charge on any atom is -0.497 e. The highest BCUT2D eigenvalue weighted by molar-refractivity contribution is 8.00. The van der Waals surface area contributed by atoms with Crippen molar-refractivity contribution in [3.8, 4) is 17.0 Å². The number of aryl methyl sites for hydroxylation is 2. The normalized spacial score (nSPS) is 12.0. The number of rotatable bonds is 7. The van der Waals surface area contributed by atoms with Gasteiger partial charge in [0.1, 0.15) is 5.75 Å². The van der Waals surface area contributed by atoms with E-state index in [0.717, 1.165) is 38.5 Å². The van der Waals surface area contributed by atoms with E-state index >= 15 is 0 Å². The molecular formula is C25H25N3O2S2. The Morgan fingerprint density at radius 1 is 1.12 bits per heavy atom. The molecule has 2 heterocycles. The van der Waals surface area contributed by atoms with Crippen molar-refractivity contribution in [1.82, 2.24) is 9.97 Å².